The molecule has 0 spiro atoms. The van der Waals surface area contributed by atoms with Gasteiger partial charge in [0.05, 0.1) is 0 Å². The molecule has 0 aromatic carbocycles. The maximum Gasteiger partial charge on any atom is 0.0180 e. The fourth-order valence-corrected chi connectivity index (χ4v) is 1.84. The molecule has 2 fully saturated rings. The van der Waals surface area contributed by atoms with Crippen LogP contribution in [0.2, 0.25) is 0 Å². The predicted molar refractivity (Wildman–Crippen MR) is 53.9 cm³/mol. The molecule has 0 bridgehead atoms. The lowest BCUT2D eigenvalue weighted by Crippen LogP contribution is -2.50. The average molecular weight is 191 g/mol. The van der Waals surface area contributed by atoms with Gasteiger partial charge in [-0.1, -0.05) is 0 Å². The largest absolute Gasteiger partial charge is 0.317 e. The average Bonchev–Trinajstić information content (AvgIpc) is 2.72. The van der Waals surface area contributed by atoms with E-state index in [2.05, 4.69) is 17.6 Å². The second kappa shape index (κ2) is 3.95. The van der Waals surface area contributed by atoms with Crippen molar-refractivity contribution in [2.24, 2.45) is 0 Å². The normalized spacial score (nSPS) is 27.8. The molecule has 0 aromatic heterocycles. The molecule has 2 rings (SSSR count). The van der Waals surface area contributed by atoms with Crippen molar-refractivity contribution in [3.8, 4) is 0 Å². The van der Waals surface area contributed by atoms with Crippen LogP contribution in [0, 0.1) is 0 Å². The highest BCUT2D eigenvalue weighted by Crippen LogP contribution is 2.26. The molecule has 12 heavy (non-hydrogen) atoms. The van der Waals surface area contributed by atoms with E-state index in [1.807, 2.05) is 0 Å². The lowest BCUT2D eigenvalue weighted by molar-refractivity contribution is 0.264. The van der Waals surface area contributed by atoms with Gasteiger partial charge < -0.3 is 10.6 Å². The van der Waals surface area contributed by atoms with Crippen LogP contribution in [0.5, 0.6) is 0 Å². The SMILES string of the molecule is CC1(NC2CC2)CCNCC1.Cl. The third-order valence-electron chi connectivity index (χ3n) is 2.84. The van der Waals surface area contributed by atoms with Gasteiger partial charge in [0, 0.05) is 11.6 Å². The Kier molecular flexibility index (Phi) is 3.38. The van der Waals surface area contributed by atoms with Crippen molar-refractivity contribution in [1.82, 2.24) is 10.6 Å². The zero-order chi connectivity index (χ0) is 7.73. The van der Waals surface area contributed by atoms with Crippen LogP contribution in [0.25, 0.3) is 0 Å². The molecule has 0 radical (unpaired) electrons. The van der Waals surface area contributed by atoms with E-state index in [9.17, 15) is 0 Å². The topological polar surface area (TPSA) is 24.1 Å². The first kappa shape index (κ1) is 10.3. The van der Waals surface area contributed by atoms with Gasteiger partial charge in [0.25, 0.3) is 0 Å². The van der Waals surface area contributed by atoms with E-state index in [4.69, 9.17) is 0 Å². The van der Waals surface area contributed by atoms with Gasteiger partial charge in [-0.3, -0.25) is 0 Å². The summed E-state index contributed by atoms with van der Waals surface area (Å²) in [7, 11) is 0. The third-order valence-corrected chi connectivity index (χ3v) is 2.84. The highest BCUT2D eigenvalue weighted by atomic mass is 35.5. The van der Waals surface area contributed by atoms with E-state index in [-0.39, 0.29) is 12.4 Å². The number of rotatable bonds is 2. The summed E-state index contributed by atoms with van der Waals surface area (Å²) >= 11 is 0. The van der Waals surface area contributed by atoms with Gasteiger partial charge in [0.1, 0.15) is 0 Å². The molecular formula is C9H19ClN2. The van der Waals surface area contributed by atoms with Gasteiger partial charge in [-0.2, -0.15) is 0 Å². The van der Waals surface area contributed by atoms with Crippen LogP contribution in [-0.4, -0.2) is 24.7 Å². The van der Waals surface area contributed by atoms with Gasteiger partial charge in [-0.25, -0.2) is 0 Å². The first-order chi connectivity index (χ1) is 5.29. The van der Waals surface area contributed by atoms with Crippen LogP contribution in [0.15, 0.2) is 0 Å². The summed E-state index contributed by atoms with van der Waals surface area (Å²) in [5, 5.41) is 7.12. The highest BCUT2D eigenvalue weighted by Gasteiger charge is 2.32. The molecule has 0 amide bonds. The zero-order valence-electron chi connectivity index (χ0n) is 7.73. The summed E-state index contributed by atoms with van der Waals surface area (Å²) in [5.74, 6) is 0. The van der Waals surface area contributed by atoms with Crippen molar-refractivity contribution >= 4 is 12.4 Å². The summed E-state index contributed by atoms with van der Waals surface area (Å²) in [6.07, 6.45) is 5.40. The molecule has 1 heterocycles. The van der Waals surface area contributed by atoms with Crippen LogP contribution in [0.4, 0.5) is 0 Å². The summed E-state index contributed by atoms with van der Waals surface area (Å²) in [5.41, 5.74) is 0.451. The van der Waals surface area contributed by atoms with Crippen LogP contribution >= 0.6 is 12.4 Å². The van der Waals surface area contributed by atoms with Gasteiger partial charge in [0.2, 0.25) is 0 Å². The molecule has 0 unspecified atom stereocenters. The van der Waals surface area contributed by atoms with E-state index in [1.165, 1.54) is 38.8 Å². The van der Waals surface area contributed by atoms with Gasteiger partial charge in [-0.05, 0) is 45.7 Å². The Bertz CT molecular complexity index is 139. The minimum Gasteiger partial charge on any atom is -0.317 e. The number of piperidine rings is 1. The maximum atomic E-state index is 3.73. The quantitative estimate of drug-likeness (QED) is 0.686. The third kappa shape index (κ3) is 2.61. The summed E-state index contributed by atoms with van der Waals surface area (Å²) in [6.45, 7) is 4.75. The van der Waals surface area contributed by atoms with Crippen molar-refractivity contribution in [3.05, 3.63) is 0 Å². The molecule has 1 aliphatic heterocycles. The van der Waals surface area contributed by atoms with Gasteiger partial charge >= 0.3 is 0 Å². The van der Waals surface area contributed by atoms with E-state index in [1.54, 1.807) is 0 Å². The van der Waals surface area contributed by atoms with E-state index in [0.717, 1.165) is 6.04 Å². The predicted octanol–water partition coefficient (Wildman–Crippen LogP) is 1.30. The second-order valence-electron chi connectivity index (χ2n) is 4.23. The molecule has 1 saturated carbocycles. The lowest BCUT2D eigenvalue weighted by Gasteiger charge is -2.35. The minimum atomic E-state index is 0. The Morgan fingerprint density at radius 3 is 2.33 bits per heavy atom. The molecule has 0 aromatic rings. The molecular weight excluding hydrogens is 172 g/mol. The fraction of sp³-hybridized carbons (Fsp3) is 1.00. The summed E-state index contributed by atoms with van der Waals surface area (Å²) in [6, 6.07) is 0.859. The van der Waals surface area contributed by atoms with E-state index in [0.29, 0.717) is 5.54 Å². The molecule has 1 saturated heterocycles. The Balaban J connectivity index is 0.000000720. The van der Waals surface area contributed by atoms with E-state index >= 15 is 0 Å². The standard InChI is InChI=1S/C9H18N2.ClH/c1-9(11-8-2-3-8)4-6-10-7-5-9;/h8,10-11H,2-7H2,1H3;1H. The highest BCUT2D eigenvalue weighted by molar-refractivity contribution is 5.85. The van der Waals surface area contributed by atoms with E-state index < -0.39 is 0 Å². The molecule has 3 heteroatoms. The molecule has 1 aliphatic carbocycles. The second-order valence-corrected chi connectivity index (χ2v) is 4.23. The summed E-state index contributed by atoms with van der Waals surface area (Å²) < 4.78 is 0. The van der Waals surface area contributed by atoms with Crippen LogP contribution < -0.4 is 10.6 Å². The summed E-state index contributed by atoms with van der Waals surface area (Å²) in [4.78, 5) is 0. The number of hydrogen-bond acceptors (Lipinski definition) is 2. The van der Waals surface area contributed by atoms with Crippen molar-refractivity contribution < 1.29 is 0 Å². The van der Waals surface area contributed by atoms with Crippen LogP contribution in [0.3, 0.4) is 0 Å². The van der Waals surface area contributed by atoms with Crippen molar-refractivity contribution in [2.75, 3.05) is 13.1 Å². The molecule has 72 valence electrons. The molecule has 0 atom stereocenters. The Morgan fingerprint density at radius 2 is 1.83 bits per heavy atom. The minimum absolute atomic E-state index is 0. The van der Waals surface area contributed by atoms with Crippen molar-refractivity contribution in [1.29, 1.82) is 0 Å². The smallest absolute Gasteiger partial charge is 0.0180 e. The van der Waals surface area contributed by atoms with Crippen LogP contribution in [-0.2, 0) is 0 Å². The first-order valence-electron chi connectivity index (χ1n) is 4.77. The van der Waals surface area contributed by atoms with Crippen LogP contribution in [0.1, 0.15) is 32.6 Å². The number of nitrogens with one attached hydrogen (secondary N) is 2. The monoisotopic (exact) mass is 190 g/mol. The Morgan fingerprint density at radius 1 is 1.25 bits per heavy atom. The molecule has 2 N–H and O–H groups in total. The first-order valence-corrected chi connectivity index (χ1v) is 4.77. The zero-order valence-corrected chi connectivity index (χ0v) is 8.54. The number of halogens is 1. The maximum absolute atomic E-state index is 3.73. The number of hydrogen-bond donors (Lipinski definition) is 2. The Labute approximate surface area is 80.9 Å². The van der Waals surface area contributed by atoms with Crippen molar-refractivity contribution in [2.45, 2.75) is 44.2 Å². The van der Waals surface area contributed by atoms with Gasteiger partial charge in [0.15, 0.2) is 0 Å². The fourth-order valence-electron chi connectivity index (χ4n) is 1.84. The molecule has 2 nitrogen and oxygen atoms in total. The Hall–Kier alpha value is 0.210. The lowest BCUT2D eigenvalue weighted by atomic mass is 9.90. The van der Waals surface area contributed by atoms with Gasteiger partial charge in [-0.15, -0.1) is 12.4 Å². The molecule has 2 aliphatic rings. The van der Waals surface area contributed by atoms with Crippen molar-refractivity contribution in [3.63, 3.8) is 0 Å².